The van der Waals surface area contributed by atoms with Crippen molar-refractivity contribution in [1.82, 2.24) is 5.32 Å². The average molecular weight is 278 g/mol. The first kappa shape index (κ1) is 14.0. The van der Waals surface area contributed by atoms with Crippen LogP contribution < -0.4 is 11.1 Å². The number of benzene rings is 1. The Labute approximate surface area is 118 Å². The molecule has 1 aliphatic heterocycles. The monoisotopic (exact) mass is 278 g/mol. The van der Waals surface area contributed by atoms with Crippen molar-refractivity contribution in [3.05, 3.63) is 35.9 Å². The standard InChI is InChI=1S/C14H18N2O2S/c15-13(19)12(10-5-2-1-3-6-10)14(17)16-11-7-4-8-18-9-11/h1-3,5-6,11-12H,4,7-9H2,(H2,15,19)(H,16,17). The van der Waals surface area contributed by atoms with E-state index in [4.69, 9.17) is 22.7 Å². The molecule has 1 saturated heterocycles. The van der Waals surface area contributed by atoms with Gasteiger partial charge in [0.15, 0.2) is 0 Å². The van der Waals surface area contributed by atoms with Crippen molar-refractivity contribution in [3.8, 4) is 0 Å². The highest BCUT2D eigenvalue weighted by Crippen LogP contribution is 2.17. The fraction of sp³-hybridized carbons (Fsp3) is 0.429. The first-order valence-corrected chi connectivity index (χ1v) is 6.81. The van der Waals surface area contributed by atoms with Crippen molar-refractivity contribution in [2.75, 3.05) is 13.2 Å². The molecule has 0 radical (unpaired) electrons. The number of hydrogen-bond donors (Lipinski definition) is 2. The summed E-state index contributed by atoms with van der Waals surface area (Å²) >= 11 is 5.03. The Bertz CT molecular complexity index is 444. The summed E-state index contributed by atoms with van der Waals surface area (Å²) in [5, 5.41) is 2.97. The summed E-state index contributed by atoms with van der Waals surface area (Å²) in [4.78, 5) is 12.5. The van der Waals surface area contributed by atoms with Gasteiger partial charge in [0.25, 0.3) is 0 Å². The highest BCUT2D eigenvalue weighted by atomic mass is 32.1. The first-order chi connectivity index (χ1) is 9.18. The predicted octanol–water partition coefficient (Wildman–Crippen LogP) is 1.35. The van der Waals surface area contributed by atoms with Crippen LogP contribution in [0.4, 0.5) is 0 Å². The predicted molar refractivity (Wildman–Crippen MR) is 78.0 cm³/mol. The van der Waals surface area contributed by atoms with Crippen LogP contribution in [0.2, 0.25) is 0 Å². The molecule has 0 saturated carbocycles. The minimum atomic E-state index is -0.571. The van der Waals surface area contributed by atoms with Crippen LogP contribution in [0.15, 0.2) is 30.3 Å². The topological polar surface area (TPSA) is 64.4 Å². The zero-order chi connectivity index (χ0) is 13.7. The van der Waals surface area contributed by atoms with Crippen LogP contribution in [0.25, 0.3) is 0 Å². The van der Waals surface area contributed by atoms with Crippen molar-refractivity contribution < 1.29 is 9.53 Å². The van der Waals surface area contributed by atoms with E-state index in [1.54, 1.807) is 0 Å². The van der Waals surface area contributed by atoms with E-state index in [2.05, 4.69) is 5.32 Å². The van der Waals surface area contributed by atoms with Gasteiger partial charge in [-0.15, -0.1) is 0 Å². The lowest BCUT2D eigenvalue weighted by Crippen LogP contribution is -2.45. The van der Waals surface area contributed by atoms with Crippen LogP contribution in [0.5, 0.6) is 0 Å². The Balaban J connectivity index is 2.06. The Morgan fingerprint density at radius 2 is 2.16 bits per heavy atom. The average Bonchev–Trinajstić information content (AvgIpc) is 2.40. The van der Waals surface area contributed by atoms with Gasteiger partial charge in [-0.1, -0.05) is 42.5 Å². The van der Waals surface area contributed by atoms with Crippen LogP contribution in [-0.2, 0) is 9.53 Å². The van der Waals surface area contributed by atoms with Gasteiger partial charge in [0.1, 0.15) is 5.92 Å². The fourth-order valence-electron chi connectivity index (χ4n) is 2.23. The van der Waals surface area contributed by atoms with Gasteiger partial charge in [0.05, 0.1) is 17.6 Å². The molecule has 0 aliphatic carbocycles. The largest absolute Gasteiger partial charge is 0.392 e. The molecular weight excluding hydrogens is 260 g/mol. The molecule has 1 heterocycles. The van der Waals surface area contributed by atoms with Crippen molar-refractivity contribution in [2.24, 2.45) is 5.73 Å². The van der Waals surface area contributed by atoms with E-state index in [1.165, 1.54) is 0 Å². The molecule has 1 fully saturated rings. The lowest BCUT2D eigenvalue weighted by Gasteiger charge is -2.25. The number of carbonyl (C=O) groups is 1. The van der Waals surface area contributed by atoms with E-state index in [0.717, 1.165) is 25.0 Å². The number of nitrogens with two attached hydrogens (primary N) is 1. The van der Waals surface area contributed by atoms with Crippen LogP contribution in [-0.4, -0.2) is 30.2 Å². The summed E-state index contributed by atoms with van der Waals surface area (Å²) in [6.07, 6.45) is 1.90. The van der Waals surface area contributed by atoms with E-state index < -0.39 is 5.92 Å². The Hall–Kier alpha value is -1.46. The summed E-state index contributed by atoms with van der Waals surface area (Å²) in [6, 6.07) is 9.42. The molecule has 2 rings (SSSR count). The van der Waals surface area contributed by atoms with Crippen molar-refractivity contribution in [1.29, 1.82) is 0 Å². The number of carbonyl (C=O) groups excluding carboxylic acids is 1. The first-order valence-electron chi connectivity index (χ1n) is 6.41. The SMILES string of the molecule is NC(=S)C(C(=O)NC1CCCOC1)c1ccccc1. The molecule has 2 atom stereocenters. The third kappa shape index (κ3) is 3.75. The number of ether oxygens (including phenoxy) is 1. The molecular formula is C14H18N2O2S. The second kappa shape index (κ2) is 6.63. The van der Waals surface area contributed by atoms with E-state index in [-0.39, 0.29) is 16.9 Å². The molecule has 102 valence electrons. The number of rotatable bonds is 4. The van der Waals surface area contributed by atoms with Crippen LogP contribution >= 0.6 is 12.2 Å². The van der Waals surface area contributed by atoms with Gasteiger partial charge in [-0.2, -0.15) is 0 Å². The summed E-state index contributed by atoms with van der Waals surface area (Å²) in [5.41, 5.74) is 6.54. The van der Waals surface area contributed by atoms with Gasteiger partial charge in [-0.3, -0.25) is 4.79 Å². The van der Waals surface area contributed by atoms with Gasteiger partial charge in [0, 0.05) is 6.61 Å². The third-order valence-electron chi connectivity index (χ3n) is 3.19. The molecule has 1 aliphatic rings. The summed E-state index contributed by atoms with van der Waals surface area (Å²) in [7, 11) is 0. The second-order valence-corrected chi connectivity index (χ2v) is 5.14. The van der Waals surface area contributed by atoms with Crippen LogP contribution in [0.3, 0.4) is 0 Å². The Morgan fingerprint density at radius 3 is 2.74 bits per heavy atom. The summed E-state index contributed by atoms with van der Waals surface area (Å²) in [5.74, 6) is -0.715. The Kier molecular flexibility index (Phi) is 4.87. The second-order valence-electron chi connectivity index (χ2n) is 4.67. The zero-order valence-corrected chi connectivity index (χ0v) is 11.5. The van der Waals surface area contributed by atoms with Gasteiger partial charge >= 0.3 is 0 Å². The van der Waals surface area contributed by atoms with E-state index >= 15 is 0 Å². The van der Waals surface area contributed by atoms with Gasteiger partial charge in [-0.25, -0.2) is 0 Å². The summed E-state index contributed by atoms with van der Waals surface area (Å²) < 4.78 is 5.35. The Morgan fingerprint density at radius 1 is 1.42 bits per heavy atom. The van der Waals surface area contributed by atoms with E-state index in [0.29, 0.717) is 6.61 Å². The molecule has 19 heavy (non-hydrogen) atoms. The van der Waals surface area contributed by atoms with Gasteiger partial charge < -0.3 is 15.8 Å². The minimum Gasteiger partial charge on any atom is -0.392 e. The van der Waals surface area contributed by atoms with Crippen LogP contribution in [0.1, 0.15) is 24.3 Å². The van der Waals surface area contributed by atoms with E-state index in [1.807, 2.05) is 30.3 Å². The number of amides is 1. The molecule has 3 N–H and O–H groups in total. The maximum Gasteiger partial charge on any atom is 0.234 e. The maximum absolute atomic E-state index is 12.3. The number of hydrogen-bond acceptors (Lipinski definition) is 3. The molecule has 0 spiro atoms. The molecule has 0 bridgehead atoms. The van der Waals surface area contributed by atoms with Crippen molar-refractivity contribution >= 4 is 23.1 Å². The number of thiocarbonyl (C=S) groups is 1. The molecule has 1 aromatic rings. The normalized spacial score (nSPS) is 20.5. The molecule has 0 aromatic heterocycles. The molecule has 4 nitrogen and oxygen atoms in total. The molecule has 5 heteroatoms. The molecule has 1 amide bonds. The lowest BCUT2D eigenvalue weighted by molar-refractivity contribution is -0.122. The molecule has 1 aromatic carbocycles. The van der Waals surface area contributed by atoms with Crippen LogP contribution in [0, 0.1) is 0 Å². The highest BCUT2D eigenvalue weighted by molar-refractivity contribution is 7.80. The van der Waals surface area contributed by atoms with Crippen molar-refractivity contribution in [2.45, 2.75) is 24.8 Å². The minimum absolute atomic E-state index is 0.0572. The molecule has 2 unspecified atom stereocenters. The fourth-order valence-corrected chi connectivity index (χ4v) is 2.47. The zero-order valence-electron chi connectivity index (χ0n) is 10.7. The maximum atomic E-state index is 12.3. The lowest BCUT2D eigenvalue weighted by atomic mass is 9.97. The number of nitrogens with one attached hydrogen (secondary N) is 1. The quantitative estimate of drug-likeness (QED) is 0.816. The van der Waals surface area contributed by atoms with Gasteiger partial charge in [-0.05, 0) is 18.4 Å². The highest BCUT2D eigenvalue weighted by Gasteiger charge is 2.26. The van der Waals surface area contributed by atoms with Crippen molar-refractivity contribution in [3.63, 3.8) is 0 Å². The third-order valence-corrected chi connectivity index (χ3v) is 3.42. The smallest absolute Gasteiger partial charge is 0.234 e. The van der Waals surface area contributed by atoms with E-state index in [9.17, 15) is 4.79 Å². The van der Waals surface area contributed by atoms with Gasteiger partial charge in [0.2, 0.25) is 5.91 Å². The summed E-state index contributed by atoms with van der Waals surface area (Å²) in [6.45, 7) is 1.33.